The highest BCUT2D eigenvalue weighted by Crippen LogP contribution is 2.32. The zero-order valence-electron chi connectivity index (χ0n) is 15.5. The molecule has 8 nitrogen and oxygen atoms in total. The summed E-state index contributed by atoms with van der Waals surface area (Å²) in [6, 6.07) is 9.62. The molecular formula is C19H16F3N5O3. The third-order valence-electron chi connectivity index (χ3n) is 4.22. The number of fused-ring (bicyclic) bond motifs is 1. The third kappa shape index (κ3) is 4.50. The number of carbonyl (C=O) groups is 1. The predicted octanol–water partition coefficient (Wildman–Crippen LogP) is 3.16. The Balaban J connectivity index is 1.43. The van der Waals surface area contributed by atoms with Crippen molar-refractivity contribution in [2.24, 2.45) is 0 Å². The zero-order valence-corrected chi connectivity index (χ0v) is 15.5. The molecule has 1 aliphatic rings. The lowest BCUT2D eigenvalue weighted by Gasteiger charge is -2.10. The standard InChI is InChI=1S/C19H16F3N5O3/c20-19(21,22)13-4-1-3-12(9-13)18-24-26-27(25-18)11-17(28)23-14-5-6-15-16(10-14)30-8-2-7-29-15/h1,3-6,9-10H,2,7-8,11H2,(H,23,28). The first-order valence-electron chi connectivity index (χ1n) is 9.03. The van der Waals surface area contributed by atoms with E-state index in [1.807, 2.05) is 0 Å². The molecule has 0 fully saturated rings. The number of anilines is 1. The molecule has 1 aliphatic heterocycles. The van der Waals surface area contributed by atoms with Crippen molar-refractivity contribution in [3.63, 3.8) is 0 Å². The number of hydrogen-bond acceptors (Lipinski definition) is 6. The summed E-state index contributed by atoms with van der Waals surface area (Å²) in [7, 11) is 0. The van der Waals surface area contributed by atoms with E-state index < -0.39 is 17.6 Å². The van der Waals surface area contributed by atoms with Gasteiger partial charge in [-0.15, -0.1) is 10.2 Å². The van der Waals surface area contributed by atoms with Crippen molar-refractivity contribution in [3.8, 4) is 22.9 Å². The van der Waals surface area contributed by atoms with E-state index in [9.17, 15) is 18.0 Å². The van der Waals surface area contributed by atoms with Gasteiger partial charge in [0.15, 0.2) is 11.5 Å². The van der Waals surface area contributed by atoms with Crippen molar-refractivity contribution in [1.29, 1.82) is 0 Å². The number of halogens is 3. The minimum Gasteiger partial charge on any atom is -0.490 e. The van der Waals surface area contributed by atoms with Gasteiger partial charge in [-0.2, -0.15) is 18.0 Å². The highest BCUT2D eigenvalue weighted by atomic mass is 19.4. The Bertz CT molecular complexity index is 1070. The molecule has 0 aliphatic carbocycles. The summed E-state index contributed by atoms with van der Waals surface area (Å²) in [5, 5.41) is 14.1. The molecule has 3 aromatic rings. The van der Waals surface area contributed by atoms with Crippen molar-refractivity contribution in [1.82, 2.24) is 20.2 Å². The van der Waals surface area contributed by atoms with E-state index in [-0.39, 0.29) is 17.9 Å². The number of ether oxygens (including phenoxy) is 2. The van der Waals surface area contributed by atoms with Crippen molar-refractivity contribution < 1.29 is 27.4 Å². The summed E-state index contributed by atoms with van der Waals surface area (Å²) in [6.45, 7) is 0.816. The zero-order chi connectivity index (χ0) is 21.1. The number of amides is 1. The summed E-state index contributed by atoms with van der Waals surface area (Å²) in [5.74, 6) is 0.701. The summed E-state index contributed by atoms with van der Waals surface area (Å²) >= 11 is 0. The first-order chi connectivity index (χ1) is 14.4. The van der Waals surface area contributed by atoms with Crippen LogP contribution in [0, 0.1) is 0 Å². The maximum absolute atomic E-state index is 12.9. The molecular weight excluding hydrogens is 403 g/mol. The number of rotatable bonds is 4. The molecule has 0 saturated heterocycles. The molecule has 2 aromatic carbocycles. The second kappa shape index (κ2) is 8.01. The van der Waals surface area contributed by atoms with Crippen LogP contribution in [0.1, 0.15) is 12.0 Å². The van der Waals surface area contributed by atoms with Gasteiger partial charge in [0.2, 0.25) is 11.7 Å². The molecule has 4 rings (SSSR count). The Hall–Kier alpha value is -3.63. The summed E-state index contributed by atoms with van der Waals surface area (Å²) < 4.78 is 49.7. The van der Waals surface area contributed by atoms with E-state index in [0.29, 0.717) is 30.4 Å². The van der Waals surface area contributed by atoms with Crippen LogP contribution in [0.4, 0.5) is 18.9 Å². The number of hydrogen-bond donors (Lipinski definition) is 1. The van der Waals surface area contributed by atoms with Gasteiger partial charge in [0, 0.05) is 23.7 Å². The lowest BCUT2D eigenvalue weighted by Crippen LogP contribution is -2.20. The fourth-order valence-electron chi connectivity index (χ4n) is 2.83. The SMILES string of the molecule is O=C(Cn1nnc(-c2cccc(C(F)(F)F)c2)n1)Nc1ccc2c(c1)OCCCO2. The Labute approximate surface area is 168 Å². The molecule has 2 heterocycles. The van der Waals surface area contributed by atoms with Gasteiger partial charge < -0.3 is 14.8 Å². The van der Waals surface area contributed by atoms with Crippen LogP contribution in [-0.4, -0.2) is 39.3 Å². The molecule has 1 N–H and O–H groups in total. The Morgan fingerprint density at radius 3 is 2.70 bits per heavy atom. The average molecular weight is 419 g/mol. The summed E-state index contributed by atoms with van der Waals surface area (Å²) in [5.41, 5.74) is -0.162. The molecule has 1 aromatic heterocycles. The second-order valence-electron chi connectivity index (χ2n) is 6.48. The van der Waals surface area contributed by atoms with Crippen LogP contribution in [0.5, 0.6) is 11.5 Å². The lowest BCUT2D eigenvalue weighted by atomic mass is 10.1. The van der Waals surface area contributed by atoms with Crippen molar-refractivity contribution in [2.45, 2.75) is 19.1 Å². The predicted molar refractivity (Wildman–Crippen MR) is 98.9 cm³/mol. The van der Waals surface area contributed by atoms with Gasteiger partial charge in [-0.25, -0.2) is 0 Å². The molecule has 1 amide bonds. The van der Waals surface area contributed by atoms with Crippen LogP contribution in [0.15, 0.2) is 42.5 Å². The molecule has 11 heteroatoms. The van der Waals surface area contributed by atoms with Crippen LogP contribution in [0.25, 0.3) is 11.4 Å². The first-order valence-corrected chi connectivity index (χ1v) is 9.03. The first kappa shape index (κ1) is 19.7. The normalized spacial score (nSPS) is 13.6. The van der Waals surface area contributed by atoms with E-state index in [0.717, 1.165) is 23.4 Å². The van der Waals surface area contributed by atoms with Crippen molar-refractivity contribution >= 4 is 11.6 Å². The number of aromatic nitrogens is 4. The fourth-order valence-corrected chi connectivity index (χ4v) is 2.83. The third-order valence-corrected chi connectivity index (χ3v) is 4.22. The molecule has 0 spiro atoms. The van der Waals surface area contributed by atoms with Gasteiger partial charge in [-0.3, -0.25) is 4.79 Å². The number of benzene rings is 2. The molecule has 0 unspecified atom stereocenters. The quantitative estimate of drug-likeness (QED) is 0.699. The van der Waals surface area contributed by atoms with Gasteiger partial charge in [-0.05, 0) is 29.5 Å². The number of nitrogens with zero attached hydrogens (tertiary/aromatic N) is 4. The van der Waals surface area contributed by atoms with E-state index >= 15 is 0 Å². The summed E-state index contributed by atoms with van der Waals surface area (Å²) in [6.07, 6.45) is -3.71. The smallest absolute Gasteiger partial charge is 0.416 e. The highest BCUT2D eigenvalue weighted by molar-refractivity contribution is 5.90. The largest absolute Gasteiger partial charge is 0.490 e. The van der Waals surface area contributed by atoms with E-state index in [1.54, 1.807) is 18.2 Å². The second-order valence-corrected chi connectivity index (χ2v) is 6.48. The Kier molecular flexibility index (Phi) is 5.25. The monoisotopic (exact) mass is 419 g/mol. The maximum atomic E-state index is 12.9. The van der Waals surface area contributed by atoms with E-state index in [2.05, 4.69) is 20.7 Å². The molecule has 0 bridgehead atoms. The van der Waals surface area contributed by atoms with Gasteiger partial charge >= 0.3 is 6.18 Å². The van der Waals surface area contributed by atoms with E-state index in [1.165, 1.54) is 12.1 Å². The van der Waals surface area contributed by atoms with Crippen LogP contribution in [0.2, 0.25) is 0 Å². The van der Waals surface area contributed by atoms with Crippen LogP contribution in [0.3, 0.4) is 0 Å². The molecule has 0 saturated carbocycles. The van der Waals surface area contributed by atoms with Crippen molar-refractivity contribution in [2.75, 3.05) is 18.5 Å². The topological polar surface area (TPSA) is 91.2 Å². The number of alkyl halides is 3. The average Bonchev–Trinajstić information content (AvgIpc) is 3.04. The summed E-state index contributed by atoms with van der Waals surface area (Å²) in [4.78, 5) is 13.3. The molecule has 156 valence electrons. The van der Waals surface area contributed by atoms with Crippen LogP contribution < -0.4 is 14.8 Å². The van der Waals surface area contributed by atoms with Crippen LogP contribution in [-0.2, 0) is 17.5 Å². The highest BCUT2D eigenvalue weighted by Gasteiger charge is 2.30. The lowest BCUT2D eigenvalue weighted by molar-refractivity contribution is -0.137. The van der Waals surface area contributed by atoms with Gasteiger partial charge in [0.1, 0.15) is 6.54 Å². The number of carbonyl (C=O) groups excluding carboxylic acids is 1. The molecule has 0 atom stereocenters. The maximum Gasteiger partial charge on any atom is 0.416 e. The van der Waals surface area contributed by atoms with Crippen molar-refractivity contribution in [3.05, 3.63) is 48.0 Å². The van der Waals surface area contributed by atoms with E-state index in [4.69, 9.17) is 9.47 Å². The Morgan fingerprint density at radius 2 is 1.90 bits per heavy atom. The van der Waals surface area contributed by atoms with Crippen LogP contribution >= 0.6 is 0 Å². The minimum atomic E-state index is -4.48. The fraction of sp³-hybridized carbons (Fsp3) is 0.263. The minimum absolute atomic E-state index is 0.00974. The van der Waals surface area contributed by atoms with Gasteiger partial charge in [-0.1, -0.05) is 12.1 Å². The van der Waals surface area contributed by atoms with Gasteiger partial charge in [0.25, 0.3) is 0 Å². The van der Waals surface area contributed by atoms with Gasteiger partial charge in [0.05, 0.1) is 18.8 Å². The number of nitrogens with one attached hydrogen (secondary N) is 1. The molecule has 0 radical (unpaired) electrons. The Morgan fingerprint density at radius 1 is 1.10 bits per heavy atom. The number of tetrazole rings is 1. The molecule has 30 heavy (non-hydrogen) atoms.